The van der Waals surface area contributed by atoms with Crippen LogP contribution in [0.25, 0.3) is 0 Å². The number of halogens is 1. The molecule has 1 aliphatic heterocycles. The van der Waals surface area contributed by atoms with Crippen LogP contribution in [0.5, 0.6) is 0 Å². The third-order valence-corrected chi connectivity index (χ3v) is 6.19. The van der Waals surface area contributed by atoms with Crippen LogP contribution in [-0.2, 0) is 15.4 Å². The Bertz CT molecular complexity index is 624. The Morgan fingerprint density at radius 2 is 1.71 bits per heavy atom. The van der Waals surface area contributed by atoms with Crippen LogP contribution in [0.2, 0.25) is 0 Å². The van der Waals surface area contributed by atoms with Gasteiger partial charge in [0.15, 0.2) is 0 Å². The highest BCUT2D eigenvalue weighted by atomic mass is 32.2. The summed E-state index contributed by atoms with van der Waals surface area (Å²) < 4.78 is 40.1. The summed E-state index contributed by atoms with van der Waals surface area (Å²) in [5.41, 5.74) is 2.56. The predicted octanol–water partition coefficient (Wildman–Crippen LogP) is 3.33. The Hall–Kier alpha value is -0.940. The number of aryl methyl sites for hydroxylation is 2. The molecule has 0 N–H and O–H groups in total. The van der Waals surface area contributed by atoms with Gasteiger partial charge in [0.05, 0.1) is 4.90 Å². The van der Waals surface area contributed by atoms with Gasteiger partial charge in [0.1, 0.15) is 6.17 Å². The number of rotatable bonds is 2. The molecule has 3 nitrogen and oxygen atoms in total. The van der Waals surface area contributed by atoms with Gasteiger partial charge in [-0.1, -0.05) is 32.9 Å². The molecule has 2 rings (SSSR count). The van der Waals surface area contributed by atoms with Crippen LogP contribution in [0.15, 0.2) is 17.0 Å². The van der Waals surface area contributed by atoms with Gasteiger partial charge in [-0.05, 0) is 42.4 Å². The van der Waals surface area contributed by atoms with Crippen LogP contribution in [0, 0.1) is 13.8 Å². The van der Waals surface area contributed by atoms with Crippen molar-refractivity contribution in [2.24, 2.45) is 0 Å². The van der Waals surface area contributed by atoms with Gasteiger partial charge in [-0.15, -0.1) is 0 Å². The molecular weight excluding hydrogens is 289 g/mol. The molecule has 0 amide bonds. The molecule has 0 aliphatic carbocycles. The number of benzene rings is 1. The molecule has 0 saturated carbocycles. The van der Waals surface area contributed by atoms with E-state index in [0.717, 1.165) is 16.7 Å². The van der Waals surface area contributed by atoms with Crippen molar-refractivity contribution in [3.05, 3.63) is 28.8 Å². The van der Waals surface area contributed by atoms with E-state index in [9.17, 15) is 12.8 Å². The summed E-state index contributed by atoms with van der Waals surface area (Å²) in [4.78, 5) is 0.338. The fourth-order valence-electron chi connectivity index (χ4n) is 2.83. The lowest BCUT2D eigenvalue weighted by Crippen LogP contribution is -2.30. The average Bonchev–Trinajstić information content (AvgIpc) is 2.74. The zero-order valence-corrected chi connectivity index (χ0v) is 14.2. The minimum absolute atomic E-state index is 0.0256. The molecule has 0 bridgehead atoms. The molecular formula is C16H24FNO2S. The van der Waals surface area contributed by atoms with Crippen LogP contribution >= 0.6 is 0 Å². The lowest BCUT2D eigenvalue weighted by Gasteiger charge is -2.24. The predicted molar refractivity (Wildman–Crippen MR) is 82.9 cm³/mol. The van der Waals surface area contributed by atoms with E-state index in [2.05, 4.69) is 20.8 Å². The van der Waals surface area contributed by atoms with Crippen LogP contribution in [0.3, 0.4) is 0 Å². The molecule has 0 radical (unpaired) electrons. The molecule has 0 spiro atoms. The van der Waals surface area contributed by atoms with Crippen LogP contribution in [0.4, 0.5) is 4.39 Å². The molecule has 0 aromatic heterocycles. The molecule has 1 aromatic carbocycles. The Labute approximate surface area is 127 Å². The van der Waals surface area contributed by atoms with E-state index in [-0.39, 0.29) is 24.9 Å². The summed E-state index contributed by atoms with van der Waals surface area (Å²) in [6.45, 7) is 10.2. The quantitative estimate of drug-likeness (QED) is 0.840. The highest BCUT2D eigenvalue weighted by molar-refractivity contribution is 7.89. The minimum atomic E-state index is -3.60. The van der Waals surface area contributed by atoms with Crippen molar-refractivity contribution in [3.8, 4) is 0 Å². The molecule has 21 heavy (non-hydrogen) atoms. The van der Waals surface area contributed by atoms with E-state index < -0.39 is 16.2 Å². The van der Waals surface area contributed by atoms with E-state index in [1.54, 1.807) is 0 Å². The highest BCUT2D eigenvalue weighted by Crippen LogP contribution is 2.32. The van der Waals surface area contributed by atoms with Gasteiger partial charge < -0.3 is 0 Å². The van der Waals surface area contributed by atoms with E-state index in [1.165, 1.54) is 4.31 Å². The first-order chi connectivity index (χ1) is 9.53. The molecule has 1 saturated heterocycles. The minimum Gasteiger partial charge on any atom is -0.246 e. The maximum absolute atomic E-state index is 13.3. The number of hydrogen-bond donors (Lipinski definition) is 0. The van der Waals surface area contributed by atoms with Crippen molar-refractivity contribution in [2.45, 2.75) is 57.5 Å². The topological polar surface area (TPSA) is 37.4 Å². The molecule has 1 aromatic rings. The molecule has 118 valence electrons. The van der Waals surface area contributed by atoms with Gasteiger partial charge >= 0.3 is 0 Å². The lowest BCUT2D eigenvalue weighted by atomic mass is 9.85. The molecule has 1 aliphatic rings. The molecule has 1 atom stereocenters. The maximum atomic E-state index is 13.3. The third-order valence-electron chi connectivity index (χ3n) is 4.02. The second kappa shape index (κ2) is 5.36. The van der Waals surface area contributed by atoms with Crippen molar-refractivity contribution >= 4 is 10.0 Å². The first kappa shape index (κ1) is 16.4. The van der Waals surface area contributed by atoms with Crippen molar-refractivity contribution in [2.75, 3.05) is 13.1 Å². The Kier molecular flexibility index (Phi) is 4.19. The van der Waals surface area contributed by atoms with Crippen molar-refractivity contribution in [3.63, 3.8) is 0 Å². The third kappa shape index (κ3) is 3.14. The summed E-state index contributed by atoms with van der Waals surface area (Å²) >= 11 is 0. The van der Waals surface area contributed by atoms with Crippen LogP contribution < -0.4 is 0 Å². The van der Waals surface area contributed by atoms with Gasteiger partial charge in [0.2, 0.25) is 10.0 Å². The monoisotopic (exact) mass is 313 g/mol. The number of alkyl halides is 1. The Balaban J connectivity index is 2.50. The van der Waals surface area contributed by atoms with Crippen molar-refractivity contribution < 1.29 is 12.8 Å². The zero-order valence-electron chi connectivity index (χ0n) is 13.4. The largest absolute Gasteiger partial charge is 0.246 e. The van der Waals surface area contributed by atoms with Gasteiger partial charge in [-0.3, -0.25) is 0 Å². The summed E-state index contributed by atoms with van der Waals surface area (Å²) in [7, 11) is -3.60. The van der Waals surface area contributed by atoms with Gasteiger partial charge in [0, 0.05) is 13.1 Å². The van der Waals surface area contributed by atoms with Gasteiger partial charge in [-0.25, -0.2) is 12.8 Å². The van der Waals surface area contributed by atoms with E-state index in [1.807, 2.05) is 26.0 Å². The molecule has 1 unspecified atom stereocenters. The van der Waals surface area contributed by atoms with Crippen LogP contribution in [0.1, 0.15) is 43.9 Å². The summed E-state index contributed by atoms with van der Waals surface area (Å²) in [6.07, 6.45) is -0.758. The average molecular weight is 313 g/mol. The maximum Gasteiger partial charge on any atom is 0.243 e. The first-order valence-corrected chi connectivity index (χ1v) is 8.73. The summed E-state index contributed by atoms with van der Waals surface area (Å²) in [5.74, 6) is 0. The van der Waals surface area contributed by atoms with Crippen molar-refractivity contribution in [1.82, 2.24) is 4.31 Å². The fraction of sp³-hybridized carbons (Fsp3) is 0.625. The normalized spacial score (nSPS) is 21.0. The summed E-state index contributed by atoms with van der Waals surface area (Å²) in [5, 5.41) is 0. The van der Waals surface area contributed by atoms with E-state index >= 15 is 0 Å². The zero-order chi connectivity index (χ0) is 16.0. The lowest BCUT2D eigenvalue weighted by molar-refractivity contribution is 0.343. The first-order valence-electron chi connectivity index (χ1n) is 7.29. The van der Waals surface area contributed by atoms with Gasteiger partial charge in [0.25, 0.3) is 0 Å². The number of nitrogens with zero attached hydrogens (tertiary/aromatic N) is 1. The van der Waals surface area contributed by atoms with E-state index in [0.29, 0.717) is 4.90 Å². The Morgan fingerprint density at radius 1 is 1.19 bits per heavy atom. The standard InChI is InChI=1S/C16H24FNO2S/c1-11-8-13(16(3,4)5)9-12(2)15(11)21(19,20)18-7-6-14(17)10-18/h8-9,14H,6-7,10H2,1-5H3. The second-order valence-corrected chi connectivity index (χ2v) is 8.81. The molecule has 5 heteroatoms. The molecule has 1 heterocycles. The second-order valence-electron chi connectivity index (χ2n) is 6.94. The highest BCUT2D eigenvalue weighted by Gasteiger charge is 2.34. The van der Waals surface area contributed by atoms with Crippen LogP contribution in [-0.4, -0.2) is 32.0 Å². The van der Waals surface area contributed by atoms with E-state index in [4.69, 9.17) is 0 Å². The smallest absolute Gasteiger partial charge is 0.243 e. The fourth-order valence-corrected chi connectivity index (χ4v) is 4.72. The Morgan fingerprint density at radius 3 is 2.10 bits per heavy atom. The molecule has 1 fully saturated rings. The SMILES string of the molecule is Cc1cc(C(C)(C)C)cc(C)c1S(=O)(=O)N1CCC(F)C1. The number of sulfonamides is 1. The summed E-state index contributed by atoms with van der Waals surface area (Å²) in [6, 6.07) is 3.87. The van der Waals surface area contributed by atoms with Gasteiger partial charge in [-0.2, -0.15) is 4.31 Å². The number of hydrogen-bond acceptors (Lipinski definition) is 2. The van der Waals surface area contributed by atoms with Crippen molar-refractivity contribution in [1.29, 1.82) is 0 Å².